The van der Waals surface area contributed by atoms with Crippen molar-refractivity contribution in [3.8, 4) is 5.75 Å². The molecule has 1 atom stereocenters. The lowest BCUT2D eigenvalue weighted by Crippen LogP contribution is -2.25. The van der Waals surface area contributed by atoms with Gasteiger partial charge in [-0.2, -0.15) is 0 Å². The van der Waals surface area contributed by atoms with Gasteiger partial charge in [-0.25, -0.2) is 4.79 Å². The van der Waals surface area contributed by atoms with Crippen molar-refractivity contribution in [2.45, 2.75) is 33.8 Å². The number of benzene rings is 1. The Hall–Kier alpha value is -2.41. The Morgan fingerprint density at radius 3 is 2.35 bits per heavy atom. The van der Waals surface area contributed by atoms with Crippen LogP contribution in [0.25, 0.3) is 0 Å². The lowest BCUT2D eigenvalue weighted by Gasteiger charge is -2.13. The number of Topliss-reactive ketones (excluding diaryl/α,β-unsaturated/α-hetero) is 2. The number of ketones is 2. The van der Waals surface area contributed by atoms with Gasteiger partial charge in [0.25, 0.3) is 0 Å². The monoisotopic (exact) mass is 421 g/mol. The van der Waals surface area contributed by atoms with Gasteiger partial charge >= 0.3 is 5.97 Å². The molecule has 0 aliphatic rings. The maximum Gasteiger partial charge on any atom is 0.338 e. The van der Waals surface area contributed by atoms with E-state index in [9.17, 15) is 14.4 Å². The molecule has 26 heavy (non-hydrogen) atoms. The van der Waals surface area contributed by atoms with Crippen molar-refractivity contribution >= 4 is 33.5 Å². The molecule has 1 aromatic heterocycles. The average molecular weight is 422 g/mol. The number of carbonyl (C=O) groups excluding carboxylic acids is 3. The molecule has 0 bridgehead atoms. The summed E-state index contributed by atoms with van der Waals surface area (Å²) >= 11 is 3.30. The van der Waals surface area contributed by atoms with Gasteiger partial charge in [-0.05, 0) is 67.4 Å². The minimum absolute atomic E-state index is 0.122. The Kier molecular flexibility index (Phi) is 6.02. The maximum absolute atomic E-state index is 12.6. The third-order valence-corrected chi connectivity index (χ3v) is 4.70. The van der Waals surface area contributed by atoms with Crippen LogP contribution in [0.1, 0.15) is 56.3 Å². The van der Waals surface area contributed by atoms with Crippen LogP contribution in [0.5, 0.6) is 5.75 Å². The Labute approximate surface area is 160 Å². The Bertz CT molecular complexity index is 884. The average Bonchev–Trinajstić information content (AvgIpc) is 2.88. The van der Waals surface area contributed by atoms with Gasteiger partial charge in [0.2, 0.25) is 5.78 Å². The van der Waals surface area contributed by atoms with E-state index in [2.05, 4.69) is 20.9 Å². The zero-order valence-electron chi connectivity index (χ0n) is 15.2. The molecule has 1 unspecified atom stereocenters. The number of nitrogens with one attached hydrogen (secondary N) is 1. The van der Waals surface area contributed by atoms with Crippen LogP contribution in [0.4, 0.5) is 0 Å². The van der Waals surface area contributed by atoms with Crippen LogP contribution in [0.2, 0.25) is 0 Å². The van der Waals surface area contributed by atoms with E-state index in [4.69, 9.17) is 9.47 Å². The Morgan fingerprint density at radius 1 is 1.19 bits per heavy atom. The molecule has 2 rings (SSSR count). The quantitative estimate of drug-likeness (QED) is 0.561. The highest BCUT2D eigenvalue weighted by atomic mass is 79.9. The number of H-pyrrole nitrogens is 1. The van der Waals surface area contributed by atoms with E-state index >= 15 is 0 Å². The molecule has 1 heterocycles. The molecule has 0 aliphatic carbocycles. The van der Waals surface area contributed by atoms with Crippen LogP contribution in [-0.2, 0) is 4.74 Å². The second-order valence-corrected chi connectivity index (χ2v) is 6.80. The van der Waals surface area contributed by atoms with Crippen molar-refractivity contribution in [3.05, 3.63) is 50.8 Å². The lowest BCUT2D eigenvalue weighted by molar-refractivity contribution is 0.0317. The zero-order valence-corrected chi connectivity index (χ0v) is 16.8. The van der Waals surface area contributed by atoms with E-state index in [0.29, 0.717) is 32.6 Å². The number of aryl methyl sites for hydroxylation is 1. The Morgan fingerprint density at radius 2 is 1.85 bits per heavy atom. The summed E-state index contributed by atoms with van der Waals surface area (Å²) in [5.74, 6) is -0.552. The number of aromatic amines is 1. The summed E-state index contributed by atoms with van der Waals surface area (Å²) in [6, 6.07) is 4.75. The van der Waals surface area contributed by atoms with Gasteiger partial charge in [0, 0.05) is 11.3 Å². The predicted octanol–water partition coefficient (Wildman–Crippen LogP) is 4.03. The van der Waals surface area contributed by atoms with E-state index in [1.165, 1.54) is 21.0 Å². The Balaban J connectivity index is 2.19. The number of esters is 1. The molecule has 138 valence electrons. The summed E-state index contributed by atoms with van der Waals surface area (Å²) < 4.78 is 11.0. The van der Waals surface area contributed by atoms with Crippen molar-refractivity contribution in [2.75, 3.05) is 7.11 Å². The van der Waals surface area contributed by atoms with Gasteiger partial charge in [0.15, 0.2) is 11.9 Å². The van der Waals surface area contributed by atoms with Crippen LogP contribution in [0.3, 0.4) is 0 Å². The van der Waals surface area contributed by atoms with Gasteiger partial charge in [0.05, 0.1) is 22.8 Å². The van der Waals surface area contributed by atoms with Crippen LogP contribution >= 0.6 is 15.9 Å². The summed E-state index contributed by atoms with van der Waals surface area (Å²) in [6.45, 7) is 6.37. The number of carbonyl (C=O) groups is 3. The van der Waals surface area contributed by atoms with Crippen LogP contribution in [0, 0.1) is 13.8 Å². The molecule has 2 aromatic rings. The van der Waals surface area contributed by atoms with Crippen molar-refractivity contribution in [1.29, 1.82) is 0 Å². The summed E-state index contributed by atoms with van der Waals surface area (Å²) in [7, 11) is 1.52. The number of hydrogen-bond acceptors (Lipinski definition) is 5. The first-order chi connectivity index (χ1) is 12.2. The van der Waals surface area contributed by atoms with Gasteiger partial charge < -0.3 is 14.5 Å². The number of halogens is 1. The second-order valence-electron chi connectivity index (χ2n) is 5.94. The van der Waals surface area contributed by atoms with Crippen LogP contribution in [-0.4, -0.2) is 35.7 Å². The van der Waals surface area contributed by atoms with Gasteiger partial charge in [-0.15, -0.1) is 0 Å². The van der Waals surface area contributed by atoms with Gasteiger partial charge in [-0.1, -0.05) is 0 Å². The minimum atomic E-state index is -1.00. The van der Waals surface area contributed by atoms with Crippen LogP contribution < -0.4 is 4.74 Å². The first-order valence-corrected chi connectivity index (χ1v) is 8.75. The molecule has 7 heteroatoms. The molecule has 6 nitrogen and oxygen atoms in total. The molecular formula is C19H20BrNO5. The largest absolute Gasteiger partial charge is 0.496 e. The van der Waals surface area contributed by atoms with Crippen molar-refractivity contribution in [1.82, 2.24) is 4.98 Å². The second kappa shape index (κ2) is 7.86. The normalized spacial score (nSPS) is 11.8. The molecule has 1 N–H and O–H groups in total. The van der Waals surface area contributed by atoms with Gasteiger partial charge in [0.1, 0.15) is 5.75 Å². The maximum atomic E-state index is 12.6. The number of hydrogen-bond donors (Lipinski definition) is 1. The van der Waals surface area contributed by atoms with Crippen LogP contribution in [0.15, 0.2) is 22.7 Å². The number of ether oxygens (including phenoxy) is 2. The SMILES string of the molecule is COc1ccc(C(=O)OC(C)C(=O)c2[nH]c(C)c(C(C)=O)c2C)cc1Br. The third kappa shape index (κ3) is 3.88. The fourth-order valence-electron chi connectivity index (χ4n) is 2.80. The standard InChI is InChI=1S/C19H20BrNO5/c1-9-16(11(3)22)10(2)21-17(9)18(23)12(4)26-19(24)13-6-7-15(25-5)14(20)8-13/h6-8,12,21H,1-5H3. The van der Waals surface area contributed by atoms with Crippen molar-refractivity contribution in [3.63, 3.8) is 0 Å². The topological polar surface area (TPSA) is 85.5 Å². The third-order valence-electron chi connectivity index (χ3n) is 4.08. The van der Waals surface area contributed by atoms with Crippen molar-refractivity contribution < 1.29 is 23.9 Å². The highest BCUT2D eigenvalue weighted by Gasteiger charge is 2.26. The molecule has 0 saturated carbocycles. The fraction of sp³-hybridized carbons (Fsp3) is 0.316. The highest BCUT2D eigenvalue weighted by molar-refractivity contribution is 9.10. The zero-order chi connectivity index (χ0) is 19.6. The lowest BCUT2D eigenvalue weighted by atomic mass is 10.0. The summed E-state index contributed by atoms with van der Waals surface area (Å²) in [5.41, 5.74) is 2.25. The molecule has 0 amide bonds. The first kappa shape index (κ1) is 19.9. The van der Waals surface area contributed by atoms with Gasteiger partial charge in [-0.3, -0.25) is 9.59 Å². The van der Waals surface area contributed by atoms with E-state index in [0.717, 1.165) is 0 Å². The number of methoxy groups -OCH3 is 1. The number of aromatic nitrogens is 1. The summed E-state index contributed by atoms with van der Waals surface area (Å²) in [6.07, 6.45) is -1.00. The van der Waals surface area contributed by atoms with E-state index < -0.39 is 12.1 Å². The molecule has 0 aliphatic heterocycles. The fourth-order valence-corrected chi connectivity index (χ4v) is 3.34. The van der Waals surface area contributed by atoms with E-state index in [1.807, 2.05) is 0 Å². The summed E-state index contributed by atoms with van der Waals surface area (Å²) in [5, 5.41) is 0. The van der Waals surface area contributed by atoms with Crippen molar-refractivity contribution in [2.24, 2.45) is 0 Å². The number of rotatable bonds is 6. The van der Waals surface area contributed by atoms with E-state index in [1.54, 1.807) is 32.0 Å². The molecule has 0 spiro atoms. The molecule has 0 radical (unpaired) electrons. The first-order valence-electron chi connectivity index (χ1n) is 7.96. The molecule has 0 saturated heterocycles. The van der Waals surface area contributed by atoms with E-state index in [-0.39, 0.29) is 17.3 Å². The predicted molar refractivity (Wildman–Crippen MR) is 100 cm³/mol. The molecule has 1 aromatic carbocycles. The molecular weight excluding hydrogens is 402 g/mol. The minimum Gasteiger partial charge on any atom is -0.496 e. The summed E-state index contributed by atoms with van der Waals surface area (Å²) in [4.78, 5) is 39.6. The highest BCUT2D eigenvalue weighted by Crippen LogP contribution is 2.26. The smallest absolute Gasteiger partial charge is 0.338 e. The molecule has 0 fully saturated rings.